The molecule has 0 saturated heterocycles. The molecule has 7 heteroatoms. The molecule has 2 aromatic heterocycles. The van der Waals surface area contributed by atoms with Crippen molar-refractivity contribution in [3.05, 3.63) is 29.7 Å². The minimum Gasteiger partial charge on any atom is -0.382 e. The van der Waals surface area contributed by atoms with Crippen LogP contribution in [0.3, 0.4) is 0 Å². The van der Waals surface area contributed by atoms with E-state index in [0.29, 0.717) is 12.4 Å². The molecule has 0 atom stereocenters. The van der Waals surface area contributed by atoms with Crippen LogP contribution >= 0.6 is 0 Å². The molecule has 7 nitrogen and oxygen atoms in total. The standard InChI is InChI=1S/C10H14N6O/c1-7-8(5-13-14-7)4-12-10(17)6-16-3-2-9(11)15-16/h2-3,5H,4,6H2,1H3,(H2,11,15)(H,12,17)(H,13,14). The normalized spacial score (nSPS) is 10.4. The zero-order valence-corrected chi connectivity index (χ0v) is 9.47. The second kappa shape index (κ2) is 4.69. The molecule has 2 rings (SSSR count). The van der Waals surface area contributed by atoms with Gasteiger partial charge in [0.2, 0.25) is 5.91 Å². The van der Waals surface area contributed by atoms with E-state index >= 15 is 0 Å². The van der Waals surface area contributed by atoms with Crippen molar-refractivity contribution in [1.82, 2.24) is 25.3 Å². The Morgan fingerprint density at radius 1 is 1.65 bits per heavy atom. The molecule has 0 aliphatic carbocycles. The Kier molecular flexibility index (Phi) is 3.08. The first kappa shape index (κ1) is 11.2. The van der Waals surface area contributed by atoms with Crippen LogP contribution in [0.25, 0.3) is 0 Å². The van der Waals surface area contributed by atoms with E-state index in [0.717, 1.165) is 11.3 Å². The molecule has 0 radical (unpaired) electrons. The van der Waals surface area contributed by atoms with Gasteiger partial charge in [0.15, 0.2) is 0 Å². The number of nitrogens with one attached hydrogen (secondary N) is 2. The second-order valence-corrected chi connectivity index (χ2v) is 3.74. The van der Waals surface area contributed by atoms with Crippen molar-refractivity contribution < 1.29 is 4.79 Å². The van der Waals surface area contributed by atoms with E-state index in [1.807, 2.05) is 6.92 Å². The number of aromatic nitrogens is 4. The summed E-state index contributed by atoms with van der Waals surface area (Å²) in [6, 6.07) is 1.65. The Hall–Kier alpha value is -2.31. The summed E-state index contributed by atoms with van der Waals surface area (Å²) >= 11 is 0. The lowest BCUT2D eigenvalue weighted by molar-refractivity contribution is -0.122. The summed E-state index contributed by atoms with van der Waals surface area (Å²) in [6.45, 7) is 2.52. The predicted molar refractivity (Wildman–Crippen MR) is 61.8 cm³/mol. The van der Waals surface area contributed by atoms with Crippen molar-refractivity contribution in [3.8, 4) is 0 Å². The Balaban J connectivity index is 1.84. The van der Waals surface area contributed by atoms with Gasteiger partial charge in [-0.1, -0.05) is 0 Å². The number of carbonyl (C=O) groups excluding carboxylic acids is 1. The number of carbonyl (C=O) groups is 1. The molecule has 0 fully saturated rings. The fourth-order valence-corrected chi connectivity index (χ4v) is 1.42. The molecule has 0 bridgehead atoms. The summed E-state index contributed by atoms with van der Waals surface area (Å²) in [4.78, 5) is 11.6. The van der Waals surface area contributed by atoms with Gasteiger partial charge in [0, 0.05) is 24.0 Å². The van der Waals surface area contributed by atoms with Gasteiger partial charge in [-0.05, 0) is 13.0 Å². The van der Waals surface area contributed by atoms with E-state index in [9.17, 15) is 4.79 Å². The average molecular weight is 234 g/mol. The molecule has 0 unspecified atom stereocenters. The third-order valence-electron chi connectivity index (χ3n) is 2.38. The lowest BCUT2D eigenvalue weighted by Crippen LogP contribution is -2.27. The highest BCUT2D eigenvalue weighted by molar-refractivity contribution is 5.75. The van der Waals surface area contributed by atoms with Crippen molar-refractivity contribution in [2.75, 3.05) is 5.73 Å². The van der Waals surface area contributed by atoms with Gasteiger partial charge in [-0.25, -0.2) is 0 Å². The van der Waals surface area contributed by atoms with Crippen molar-refractivity contribution in [2.45, 2.75) is 20.0 Å². The predicted octanol–water partition coefficient (Wildman–Crippen LogP) is -0.187. The maximum absolute atomic E-state index is 11.6. The summed E-state index contributed by atoms with van der Waals surface area (Å²) in [6.07, 6.45) is 3.36. The molecule has 2 aromatic rings. The number of nitrogens with zero attached hydrogens (tertiary/aromatic N) is 3. The van der Waals surface area contributed by atoms with Crippen LogP contribution in [0.15, 0.2) is 18.5 Å². The van der Waals surface area contributed by atoms with E-state index in [1.54, 1.807) is 18.5 Å². The van der Waals surface area contributed by atoms with Crippen LogP contribution in [0, 0.1) is 6.92 Å². The molecular formula is C10H14N6O. The molecule has 0 spiro atoms. The van der Waals surface area contributed by atoms with Crippen LogP contribution in [0.1, 0.15) is 11.3 Å². The number of anilines is 1. The molecule has 1 amide bonds. The van der Waals surface area contributed by atoms with Crippen LogP contribution in [0.5, 0.6) is 0 Å². The maximum atomic E-state index is 11.6. The number of hydrogen-bond donors (Lipinski definition) is 3. The van der Waals surface area contributed by atoms with Crippen molar-refractivity contribution in [3.63, 3.8) is 0 Å². The zero-order valence-electron chi connectivity index (χ0n) is 9.47. The topological polar surface area (TPSA) is 102 Å². The number of aryl methyl sites for hydroxylation is 1. The summed E-state index contributed by atoms with van der Waals surface area (Å²) in [7, 11) is 0. The molecule has 0 aliphatic rings. The van der Waals surface area contributed by atoms with Crippen molar-refractivity contribution in [2.24, 2.45) is 0 Å². The van der Waals surface area contributed by atoms with Crippen LogP contribution in [-0.2, 0) is 17.9 Å². The lowest BCUT2D eigenvalue weighted by Gasteiger charge is -2.04. The number of hydrogen-bond acceptors (Lipinski definition) is 4. The Labute approximate surface area is 98.0 Å². The third-order valence-corrected chi connectivity index (χ3v) is 2.38. The summed E-state index contributed by atoms with van der Waals surface area (Å²) in [5.41, 5.74) is 7.37. The van der Waals surface area contributed by atoms with Gasteiger partial charge in [0.25, 0.3) is 0 Å². The molecule has 0 aliphatic heterocycles. The highest BCUT2D eigenvalue weighted by Crippen LogP contribution is 2.01. The van der Waals surface area contributed by atoms with Gasteiger partial charge in [0.05, 0.1) is 6.20 Å². The molecular weight excluding hydrogens is 220 g/mol. The number of rotatable bonds is 4. The van der Waals surface area contributed by atoms with Gasteiger partial charge in [-0.3, -0.25) is 14.6 Å². The van der Waals surface area contributed by atoms with Crippen molar-refractivity contribution in [1.29, 1.82) is 0 Å². The van der Waals surface area contributed by atoms with Crippen LogP contribution in [0.2, 0.25) is 0 Å². The van der Waals surface area contributed by atoms with Crippen LogP contribution < -0.4 is 11.1 Å². The first-order valence-corrected chi connectivity index (χ1v) is 5.19. The molecule has 4 N–H and O–H groups in total. The monoisotopic (exact) mass is 234 g/mol. The Morgan fingerprint density at radius 2 is 2.47 bits per heavy atom. The molecule has 90 valence electrons. The number of nitrogens with two attached hydrogens (primary N) is 1. The maximum Gasteiger partial charge on any atom is 0.242 e. The average Bonchev–Trinajstić information content (AvgIpc) is 2.85. The Bertz CT molecular complexity index is 514. The number of aromatic amines is 1. The minimum atomic E-state index is -0.117. The lowest BCUT2D eigenvalue weighted by atomic mass is 10.2. The minimum absolute atomic E-state index is 0.117. The zero-order chi connectivity index (χ0) is 12.3. The van der Waals surface area contributed by atoms with Crippen LogP contribution in [-0.4, -0.2) is 25.9 Å². The SMILES string of the molecule is Cc1[nH]ncc1CNC(=O)Cn1ccc(N)n1. The van der Waals surface area contributed by atoms with Gasteiger partial charge in [-0.2, -0.15) is 10.2 Å². The Morgan fingerprint density at radius 3 is 3.06 bits per heavy atom. The summed E-state index contributed by atoms with van der Waals surface area (Å²) in [5, 5.41) is 13.4. The van der Waals surface area contributed by atoms with E-state index < -0.39 is 0 Å². The largest absolute Gasteiger partial charge is 0.382 e. The van der Waals surface area contributed by atoms with Crippen molar-refractivity contribution >= 4 is 11.7 Å². The first-order chi connectivity index (χ1) is 8.15. The fraction of sp³-hybridized carbons (Fsp3) is 0.300. The number of nitrogen functional groups attached to an aromatic ring is 1. The van der Waals surface area contributed by atoms with E-state index in [1.165, 1.54) is 4.68 Å². The first-order valence-electron chi connectivity index (χ1n) is 5.19. The third kappa shape index (κ3) is 2.83. The van der Waals surface area contributed by atoms with Crippen LogP contribution in [0.4, 0.5) is 5.82 Å². The molecule has 17 heavy (non-hydrogen) atoms. The summed E-state index contributed by atoms with van der Waals surface area (Å²) in [5.74, 6) is 0.289. The quantitative estimate of drug-likeness (QED) is 0.682. The van der Waals surface area contributed by atoms with E-state index in [4.69, 9.17) is 5.73 Å². The van der Waals surface area contributed by atoms with E-state index in [2.05, 4.69) is 20.6 Å². The number of H-pyrrole nitrogens is 1. The molecule has 2 heterocycles. The fourth-order valence-electron chi connectivity index (χ4n) is 1.42. The molecule has 0 saturated carbocycles. The highest BCUT2D eigenvalue weighted by atomic mass is 16.2. The second-order valence-electron chi connectivity index (χ2n) is 3.74. The highest BCUT2D eigenvalue weighted by Gasteiger charge is 2.05. The smallest absolute Gasteiger partial charge is 0.242 e. The number of amides is 1. The molecule has 0 aromatic carbocycles. The van der Waals surface area contributed by atoms with Gasteiger partial charge in [-0.15, -0.1) is 0 Å². The van der Waals surface area contributed by atoms with Gasteiger partial charge >= 0.3 is 0 Å². The summed E-state index contributed by atoms with van der Waals surface area (Å²) < 4.78 is 1.49. The van der Waals surface area contributed by atoms with Gasteiger partial charge < -0.3 is 11.1 Å². The van der Waals surface area contributed by atoms with E-state index in [-0.39, 0.29) is 12.5 Å². The van der Waals surface area contributed by atoms with Gasteiger partial charge in [0.1, 0.15) is 12.4 Å².